The zero-order chi connectivity index (χ0) is 13.2. The number of hydrogen-bond acceptors (Lipinski definition) is 5. The molecule has 0 aliphatic rings. The number of anilines is 2. The Morgan fingerprint density at radius 1 is 1.44 bits per heavy atom. The maximum Gasteiger partial charge on any atom is 0.145 e. The van der Waals surface area contributed by atoms with Crippen LogP contribution in [0.15, 0.2) is 28.3 Å². The summed E-state index contributed by atoms with van der Waals surface area (Å²) in [5, 5.41) is 5.40. The van der Waals surface area contributed by atoms with E-state index in [-0.39, 0.29) is 5.41 Å². The topological polar surface area (TPSA) is 63.8 Å². The van der Waals surface area contributed by atoms with E-state index in [1.54, 1.807) is 11.3 Å². The van der Waals surface area contributed by atoms with Crippen molar-refractivity contribution in [1.29, 1.82) is 0 Å². The summed E-state index contributed by atoms with van der Waals surface area (Å²) >= 11 is 5.15. The number of aromatic nitrogens is 2. The molecule has 18 heavy (non-hydrogen) atoms. The van der Waals surface area contributed by atoms with Gasteiger partial charge in [0.1, 0.15) is 22.4 Å². The molecule has 0 atom stereocenters. The van der Waals surface area contributed by atoms with Crippen molar-refractivity contribution in [3.8, 4) is 0 Å². The Labute approximate surface area is 119 Å². The molecule has 3 N–H and O–H groups in total. The summed E-state index contributed by atoms with van der Waals surface area (Å²) in [4.78, 5) is 9.43. The Kier molecular flexibility index (Phi) is 3.87. The first-order chi connectivity index (χ1) is 8.50. The third-order valence-electron chi connectivity index (χ3n) is 2.70. The summed E-state index contributed by atoms with van der Waals surface area (Å²) in [6, 6.07) is 4.22. The molecule has 0 bridgehead atoms. The van der Waals surface area contributed by atoms with Crippen LogP contribution in [0.4, 0.5) is 11.6 Å². The molecule has 2 aromatic rings. The van der Waals surface area contributed by atoms with Crippen LogP contribution in [-0.2, 0) is 5.41 Å². The molecule has 0 aliphatic carbocycles. The molecule has 0 aromatic carbocycles. The van der Waals surface area contributed by atoms with Gasteiger partial charge >= 0.3 is 0 Å². The highest BCUT2D eigenvalue weighted by Gasteiger charge is 2.22. The zero-order valence-electron chi connectivity index (χ0n) is 10.3. The van der Waals surface area contributed by atoms with Gasteiger partial charge in [-0.15, -0.1) is 11.3 Å². The van der Waals surface area contributed by atoms with Crippen LogP contribution >= 0.6 is 27.3 Å². The van der Waals surface area contributed by atoms with E-state index in [9.17, 15) is 0 Å². The van der Waals surface area contributed by atoms with E-state index in [1.807, 2.05) is 0 Å². The Morgan fingerprint density at radius 2 is 2.22 bits per heavy atom. The molecule has 0 saturated carbocycles. The standard InChI is InChI=1S/C12H15BrN4S/c1-12(2,8-4-3-5-18-8)6-15-11-9(13)10(14)16-7-17-11/h3-5,7H,6H2,1-2H3,(H3,14,15,16,17). The SMILES string of the molecule is CC(C)(CNc1ncnc(N)c1Br)c1cccs1. The lowest BCUT2D eigenvalue weighted by Crippen LogP contribution is -2.27. The summed E-state index contributed by atoms with van der Waals surface area (Å²) in [5.74, 6) is 1.17. The summed E-state index contributed by atoms with van der Waals surface area (Å²) in [7, 11) is 0. The average molecular weight is 327 g/mol. The third kappa shape index (κ3) is 2.81. The molecule has 2 heterocycles. The maximum absolute atomic E-state index is 5.72. The number of nitrogens with two attached hydrogens (primary N) is 1. The molecular formula is C12H15BrN4S. The van der Waals surface area contributed by atoms with Crippen molar-refractivity contribution < 1.29 is 0 Å². The van der Waals surface area contributed by atoms with Gasteiger partial charge in [-0.05, 0) is 27.4 Å². The van der Waals surface area contributed by atoms with Crippen molar-refractivity contribution in [3.63, 3.8) is 0 Å². The number of nitrogen functional groups attached to an aromatic ring is 1. The van der Waals surface area contributed by atoms with Crippen LogP contribution in [0.3, 0.4) is 0 Å². The van der Waals surface area contributed by atoms with Crippen LogP contribution in [0, 0.1) is 0 Å². The van der Waals surface area contributed by atoms with Gasteiger partial charge in [0, 0.05) is 16.8 Å². The second-order valence-electron chi connectivity index (χ2n) is 4.64. The average Bonchev–Trinajstić information content (AvgIpc) is 2.85. The minimum absolute atomic E-state index is 0.0489. The minimum atomic E-state index is 0.0489. The Bertz CT molecular complexity index is 525. The first kappa shape index (κ1) is 13.3. The largest absolute Gasteiger partial charge is 0.383 e. The van der Waals surface area contributed by atoms with Crippen molar-refractivity contribution in [2.75, 3.05) is 17.6 Å². The number of hydrogen-bond donors (Lipinski definition) is 2. The molecule has 0 amide bonds. The van der Waals surface area contributed by atoms with Crippen LogP contribution in [0.5, 0.6) is 0 Å². The molecule has 0 fully saturated rings. The molecule has 0 aliphatic heterocycles. The summed E-state index contributed by atoms with van der Waals surface area (Å²) in [6.45, 7) is 5.18. The molecule has 2 rings (SSSR count). The third-order valence-corrected chi connectivity index (χ3v) is 4.72. The first-order valence-electron chi connectivity index (χ1n) is 5.54. The van der Waals surface area contributed by atoms with E-state index in [0.717, 1.165) is 12.4 Å². The van der Waals surface area contributed by atoms with E-state index in [1.165, 1.54) is 11.2 Å². The van der Waals surface area contributed by atoms with E-state index in [4.69, 9.17) is 5.73 Å². The molecule has 96 valence electrons. The molecule has 0 saturated heterocycles. The molecule has 2 aromatic heterocycles. The smallest absolute Gasteiger partial charge is 0.145 e. The van der Waals surface area contributed by atoms with Crippen molar-refractivity contribution in [2.24, 2.45) is 0 Å². The van der Waals surface area contributed by atoms with E-state index in [0.29, 0.717) is 10.3 Å². The summed E-state index contributed by atoms with van der Waals surface area (Å²) in [5.41, 5.74) is 5.77. The number of thiophene rings is 1. The lowest BCUT2D eigenvalue weighted by molar-refractivity contribution is 0.568. The minimum Gasteiger partial charge on any atom is -0.383 e. The molecule has 0 unspecified atom stereocenters. The summed E-state index contributed by atoms with van der Waals surface area (Å²) < 4.78 is 0.715. The van der Waals surface area contributed by atoms with Gasteiger partial charge < -0.3 is 11.1 Å². The molecule has 0 radical (unpaired) electrons. The second-order valence-corrected chi connectivity index (χ2v) is 6.38. The number of rotatable bonds is 4. The number of halogens is 1. The van der Waals surface area contributed by atoms with E-state index >= 15 is 0 Å². The van der Waals surface area contributed by atoms with Crippen LogP contribution in [-0.4, -0.2) is 16.5 Å². The maximum atomic E-state index is 5.72. The van der Waals surface area contributed by atoms with Gasteiger partial charge in [-0.1, -0.05) is 19.9 Å². The van der Waals surface area contributed by atoms with Crippen molar-refractivity contribution in [3.05, 3.63) is 33.2 Å². The highest BCUT2D eigenvalue weighted by atomic mass is 79.9. The Hall–Kier alpha value is -1.14. The zero-order valence-corrected chi connectivity index (χ0v) is 12.7. The Morgan fingerprint density at radius 3 is 2.89 bits per heavy atom. The van der Waals surface area contributed by atoms with Gasteiger partial charge in [0.25, 0.3) is 0 Å². The lowest BCUT2D eigenvalue weighted by atomic mass is 9.91. The van der Waals surface area contributed by atoms with Gasteiger partial charge in [-0.3, -0.25) is 0 Å². The fraction of sp³-hybridized carbons (Fsp3) is 0.333. The van der Waals surface area contributed by atoms with Crippen LogP contribution < -0.4 is 11.1 Å². The monoisotopic (exact) mass is 326 g/mol. The van der Waals surface area contributed by atoms with Gasteiger partial charge in [0.05, 0.1) is 0 Å². The number of nitrogens with zero attached hydrogens (tertiary/aromatic N) is 2. The van der Waals surface area contributed by atoms with Gasteiger partial charge in [0.2, 0.25) is 0 Å². The van der Waals surface area contributed by atoms with Crippen LogP contribution in [0.2, 0.25) is 0 Å². The highest BCUT2D eigenvalue weighted by molar-refractivity contribution is 9.10. The second kappa shape index (κ2) is 5.24. The van der Waals surface area contributed by atoms with Crippen molar-refractivity contribution in [1.82, 2.24) is 9.97 Å². The van der Waals surface area contributed by atoms with Crippen LogP contribution in [0.1, 0.15) is 18.7 Å². The van der Waals surface area contributed by atoms with Gasteiger partial charge in [-0.2, -0.15) is 0 Å². The van der Waals surface area contributed by atoms with Crippen molar-refractivity contribution >= 4 is 38.9 Å². The summed E-state index contributed by atoms with van der Waals surface area (Å²) in [6.07, 6.45) is 1.46. The predicted molar refractivity (Wildman–Crippen MR) is 80.0 cm³/mol. The van der Waals surface area contributed by atoms with Crippen molar-refractivity contribution in [2.45, 2.75) is 19.3 Å². The first-order valence-corrected chi connectivity index (χ1v) is 7.22. The van der Waals surface area contributed by atoms with Crippen LogP contribution in [0.25, 0.3) is 0 Å². The predicted octanol–water partition coefficient (Wildman–Crippen LogP) is 3.27. The fourth-order valence-electron chi connectivity index (χ4n) is 1.56. The number of nitrogens with one attached hydrogen (secondary N) is 1. The van der Waals surface area contributed by atoms with Gasteiger partial charge in [-0.25, -0.2) is 9.97 Å². The quantitative estimate of drug-likeness (QED) is 0.905. The lowest BCUT2D eigenvalue weighted by Gasteiger charge is -2.24. The Balaban J connectivity index is 2.10. The molecule has 6 heteroatoms. The fourth-order valence-corrected chi connectivity index (χ4v) is 2.76. The molecule has 0 spiro atoms. The molecular weight excluding hydrogens is 312 g/mol. The van der Waals surface area contributed by atoms with Gasteiger partial charge in [0.15, 0.2) is 0 Å². The molecule has 4 nitrogen and oxygen atoms in total. The van der Waals surface area contributed by atoms with E-state index in [2.05, 4.69) is 62.6 Å². The normalized spacial score (nSPS) is 11.5. The highest BCUT2D eigenvalue weighted by Crippen LogP contribution is 2.29. The van der Waals surface area contributed by atoms with E-state index < -0.39 is 0 Å².